The van der Waals surface area contributed by atoms with Crippen LogP contribution in [0.15, 0.2) is 18.2 Å². The average Bonchev–Trinajstić information content (AvgIpc) is 2.07. The summed E-state index contributed by atoms with van der Waals surface area (Å²) in [5.74, 6) is 0. The van der Waals surface area contributed by atoms with Crippen molar-refractivity contribution in [3.63, 3.8) is 0 Å². The Morgan fingerprint density at radius 2 is 1.85 bits per heavy atom. The van der Waals surface area contributed by atoms with Crippen LogP contribution < -0.4 is 10.3 Å². The van der Waals surface area contributed by atoms with Crippen LogP contribution in [0.2, 0.25) is 0 Å². The first-order chi connectivity index (χ1) is 6.09. The van der Waals surface area contributed by atoms with E-state index in [1.54, 1.807) is 0 Å². The maximum absolute atomic E-state index is 10.2. The molecule has 0 radical (unpaired) electrons. The third-order valence-electron chi connectivity index (χ3n) is 1.80. The molecule has 0 saturated carbocycles. The Hall–Kier alpha value is -1.07. The second kappa shape index (κ2) is 4.25. The van der Waals surface area contributed by atoms with Crippen molar-refractivity contribution >= 4 is 16.6 Å². The number of hydrogen-bond acceptors (Lipinski definition) is 3. The summed E-state index contributed by atoms with van der Waals surface area (Å²) in [6, 6.07) is 5.62. The monoisotopic (exact) mass is 200 g/mol. The second-order valence-corrected chi connectivity index (χ2v) is 3.53. The molecule has 0 aliphatic carbocycles. The first-order valence-electron chi connectivity index (χ1n) is 3.83. The highest BCUT2D eigenvalue weighted by Crippen LogP contribution is 2.12. The fourth-order valence-corrected chi connectivity index (χ4v) is 1.15. The van der Waals surface area contributed by atoms with Gasteiger partial charge in [0.05, 0.1) is 5.69 Å². The molecule has 0 atom stereocenters. The van der Waals surface area contributed by atoms with Crippen LogP contribution in [0.3, 0.4) is 0 Å². The molecule has 13 heavy (non-hydrogen) atoms. The number of nitrogens with one attached hydrogen (secondary N) is 2. The molecule has 1 aromatic rings. The Morgan fingerprint density at radius 1 is 1.15 bits per heavy atom. The maximum Gasteiger partial charge on any atom is 0.218 e. The van der Waals surface area contributed by atoms with Crippen molar-refractivity contribution in [2.75, 3.05) is 5.43 Å². The van der Waals surface area contributed by atoms with E-state index < -0.39 is 10.9 Å². The van der Waals surface area contributed by atoms with E-state index in [0.29, 0.717) is 0 Å². The Labute approximate surface area is 79.0 Å². The number of hydrazine groups is 1. The molecule has 0 spiro atoms. The van der Waals surface area contributed by atoms with Gasteiger partial charge in [-0.05, 0) is 37.1 Å². The number of anilines is 1. The minimum Gasteiger partial charge on any atom is -0.308 e. The van der Waals surface area contributed by atoms with Crippen LogP contribution in [0.25, 0.3) is 0 Å². The minimum absolute atomic E-state index is 0.738. The summed E-state index contributed by atoms with van der Waals surface area (Å²) in [4.78, 5) is 2.11. The lowest BCUT2D eigenvalue weighted by molar-refractivity contribution is 0.607. The van der Waals surface area contributed by atoms with Crippen LogP contribution in [0, 0.1) is 13.8 Å². The van der Waals surface area contributed by atoms with Crippen molar-refractivity contribution in [1.29, 1.82) is 0 Å². The molecule has 5 heteroatoms. The molecule has 0 unspecified atom stereocenters. The highest BCUT2D eigenvalue weighted by atomic mass is 32.2. The molecule has 0 bridgehead atoms. The lowest BCUT2D eigenvalue weighted by Crippen LogP contribution is -2.19. The molecule has 0 aliphatic rings. The summed E-state index contributed by atoms with van der Waals surface area (Å²) < 4.78 is 20.4. The van der Waals surface area contributed by atoms with E-state index in [4.69, 9.17) is 0 Å². The van der Waals surface area contributed by atoms with E-state index in [1.807, 2.05) is 32.0 Å². The molecule has 0 amide bonds. The van der Waals surface area contributed by atoms with Gasteiger partial charge in [-0.2, -0.15) is 0 Å². The smallest absolute Gasteiger partial charge is 0.218 e. The van der Waals surface area contributed by atoms with Crippen molar-refractivity contribution in [2.45, 2.75) is 13.8 Å². The van der Waals surface area contributed by atoms with Gasteiger partial charge in [0, 0.05) is 0 Å². The first kappa shape index (κ1) is 10.0. The molecule has 1 aromatic carbocycles. The normalized spacial score (nSPS) is 10.4. The van der Waals surface area contributed by atoms with Crippen LogP contribution in [0.4, 0.5) is 5.69 Å². The molecule has 0 aromatic heterocycles. The van der Waals surface area contributed by atoms with E-state index in [1.165, 1.54) is 5.56 Å². The van der Waals surface area contributed by atoms with Gasteiger partial charge in [-0.25, -0.2) is 8.42 Å². The zero-order valence-corrected chi connectivity index (χ0v) is 8.39. The fraction of sp³-hybridized carbons (Fsp3) is 0.250. The third-order valence-corrected chi connectivity index (χ3v) is 2.09. The highest BCUT2D eigenvalue weighted by molar-refractivity contribution is 7.70. The van der Waals surface area contributed by atoms with Crippen LogP contribution in [0.1, 0.15) is 11.1 Å². The van der Waals surface area contributed by atoms with Crippen LogP contribution >= 0.6 is 0 Å². The molecule has 0 fully saturated rings. The van der Waals surface area contributed by atoms with Crippen molar-refractivity contribution in [3.8, 4) is 0 Å². The Balaban J connectivity index is 2.74. The van der Waals surface area contributed by atoms with Gasteiger partial charge in [-0.1, -0.05) is 6.07 Å². The topological polar surface area (TPSA) is 58.2 Å². The molecular formula is C8H12N2O2S. The van der Waals surface area contributed by atoms with Crippen LogP contribution in [-0.2, 0) is 10.9 Å². The van der Waals surface area contributed by atoms with E-state index in [9.17, 15) is 8.42 Å². The van der Waals surface area contributed by atoms with E-state index in [0.717, 1.165) is 11.3 Å². The van der Waals surface area contributed by atoms with Gasteiger partial charge in [0.1, 0.15) is 0 Å². The number of benzene rings is 1. The lowest BCUT2D eigenvalue weighted by atomic mass is 10.1. The predicted octanol–water partition coefficient (Wildman–Crippen LogP) is 0.746. The van der Waals surface area contributed by atoms with Crippen molar-refractivity contribution in [3.05, 3.63) is 29.3 Å². The number of hydrogen-bond donors (Lipinski definition) is 3. The summed E-state index contributed by atoms with van der Waals surface area (Å²) in [5, 5.41) is 0. The van der Waals surface area contributed by atoms with Crippen LogP contribution in [0.5, 0.6) is 0 Å². The summed E-state index contributed by atoms with van der Waals surface area (Å²) in [6.07, 6.45) is 0. The molecule has 2 N–H and O–H groups in total. The van der Waals surface area contributed by atoms with Crippen molar-refractivity contribution in [2.24, 2.45) is 0 Å². The van der Waals surface area contributed by atoms with Gasteiger partial charge in [0.2, 0.25) is 10.9 Å². The molecule has 72 valence electrons. The third kappa shape index (κ3) is 3.04. The summed E-state index contributed by atoms with van der Waals surface area (Å²) in [5.41, 5.74) is 5.60. The van der Waals surface area contributed by atoms with E-state index in [-0.39, 0.29) is 0 Å². The van der Waals surface area contributed by atoms with Crippen LogP contribution in [-0.4, -0.2) is 8.42 Å². The van der Waals surface area contributed by atoms with E-state index in [2.05, 4.69) is 10.3 Å². The van der Waals surface area contributed by atoms with Gasteiger partial charge >= 0.3 is 0 Å². The molecule has 0 aliphatic heterocycles. The lowest BCUT2D eigenvalue weighted by Gasteiger charge is -2.05. The average molecular weight is 200 g/mol. The van der Waals surface area contributed by atoms with Gasteiger partial charge in [-0.15, -0.1) is 4.83 Å². The van der Waals surface area contributed by atoms with Crippen molar-refractivity contribution < 1.29 is 8.42 Å². The van der Waals surface area contributed by atoms with Gasteiger partial charge < -0.3 is 5.43 Å². The molecular weight excluding hydrogens is 188 g/mol. The molecule has 0 saturated heterocycles. The minimum atomic E-state index is -2.60. The largest absolute Gasteiger partial charge is 0.308 e. The fourth-order valence-electron chi connectivity index (χ4n) is 0.929. The number of aryl methyl sites for hydroxylation is 2. The quantitative estimate of drug-likeness (QED) is 0.498. The summed E-state index contributed by atoms with van der Waals surface area (Å²) in [6.45, 7) is 3.97. The molecule has 4 nitrogen and oxygen atoms in total. The number of thiol groups is 1. The second-order valence-electron chi connectivity index (χ2n) is 2.79. The van der Waals surface area contributed by atoms with Gasteiger partial charge in [0.15, 0.2) is 0 Å². The summed E-state index contributed by atoms with van der Waals surface area (Å²) in [7, 11) is -2.60. The van der Waals surface area contributed by atoms with Crippen molar-refractivity contribution in [1.82, 2.24) is 4.83 Å². The number of rotatable bonds is 3. The Morgan fingerprint density at radius 3 is 2.38 bits per heavy atom. The van der Waals surface area contributed by atoms with E-state index >= 15 is 0 Å². The zero-order chi connectivity index (χ0) is 9.84. The SMILES string of the molecule is Cc1ccc(NN[SH](=O)=O)cc1C. The predicted molar refractivity (Wildman–Crippen MR) is 53.0 cm³/mol. The first-order valence-corrected chi connectivity index (χ1v) is 5.00. The highest BCUT2D eigenvalue weighted by Gasteiger charge is 1.94. The zero-order valence-electron chi connectivity index (χ0n) is 7.50. The van der Waals surface area contributed by atoms with Gasteiger partial charge in [0.25, 0.3) is 0 Å². The molecule has 0 heterocycles. The summed E-state index contributed by atoms with van der Waals surface area (Å²) >= 11 is 0. The van der Waals surface area contributed by atoms with Gasteiger partial charge in [-0.3, -0.25) is 0 Å². The Bertz CT molecular complexity index is 366. The molecule has 1 rings (SSSR count). The maximum atomic E-state index is 10.2. The standard InChI is InChI=1S/C8H12N2O2S/c1-6-3-4-8(5-7(6)2)9-10-13(11)12/h3-5,9,13H,1-2H3,(H,10,11,12). The Kier molecular flexibility index (Phi) is 3.27.